The minimum atomic E-state index is 0.0158. The maximum Gasteiger partial charge on any atom is 0.157 e. The molecule has 2 rings (SSSR count). The Morgan fingerprint density at radius 3 is 2.39 bits per heavy atom. The van der Waals surface area contributed by atoms with Gasteiger partial charge in [-0.25, -0.2) is 0 Å². The van der Waals surface area contributed by atoms with Crippen LogP contribution < -0.4 is 0 Å². The van der Waals surface area contributed by atoms with Crippen LogP contribution in [-0.2, 0) is 9.47 Å². The number of rotatable bonds is 2. The lowest BCUT2D eigenvalue weighted by Gasteiger charge is -2.49. The minimum absolute atomic E-state index is 0.0158. The fraction of sp³-hybridized carbons (Fsp3) is 0.875. The first-order valence-corrected chi connectivity index (χ1v) is 7.34. The Kier molecular flexibility index (Phi) is 4.18. The van der Waals surface area contributed by atoms with Crippen LogP contribution >= 0.6 is 0 Å². The van der Waals surface area contributed by atoms with E-state index in [1.807, 2.05) is 0 Å². The van der Waals surface area contributed by atoms with Crippen LogP contribution in [0.3, 0.4) is 0 Å². The SMILES string of the molecule is CC1=C[C@@H](C)C2(COC(CC(C)C)OC2)[C@@H](C)C1. The van der Waals surface area contributed by atoms with Crippen molar-refractivity contribution in [3.05, 3.63) is 11.6 Å². The topological polar surface area (TPSA) is 18.5 Å². The predicted molar refractivity (Wildman–Crippen MR) is 74.3 cm³/mol. The molecule has 1 heterocycles. The molecule has 0 aromatic heterocycles. The van der Waals surface area contributed by atoms with Crippen LogP contribution in [0.5, 0.6) is 0 Å². The van der Waals surface area contributed by atoms with Crippen LogP contribution in [0.1, 0.15) is 47.5 Å². The first-order chi connectivity index (χ1) is 8.44. The second kappa shape index (κ2) is 5.34. The van der Waals surface area contributed by atoms with E-state index in [2.05, 4.69) is 40.7 Å². The van der Waals surface area contributed by atoms with Crippen molar-refractivity contribution in [1.82, 2.24) is 0 Å². The summed E-state index contributed by atoms with van der Waals surface area (Å²) in [5, 5.41) is 0. The summed E-state index contributed by atoms with van der Waals surface area (Å²) in [6.07, 6.45) is 4.62. The van der Waals surface area contributed by atoms with Gasteiger partial charge >= 0.3 is 0 Å². The Hall–Kier alpha value is -0.340. The van der Waals surface area contributed by atoms with Gasteiger partial charge in [-0.2, -0.15) is 0 Å². The number of hydrogen-bond acceptors (Lipinski definition) is 2. The van der Waals surface area contributed by atoms with E-state index in [4.69, 9.17) is 9.47 Å². The highest BCUT2D eigenvalue weighted by atomic mass is 16.7. The molecule has 1 aliphatic carbocycles. The Bertz CT molecular complexity index is 311. The summed E-state index contributed by atoms with van der Waals surface area (Å²) in [6, 6.07) is 0. The van der Waals surface area contributed by atoms with Crippen molar-refractivity contribution in [2.45, 2.75) is 53.8 Å². The van der Waals surface area contributed by atoms with Crippen LogP contribution in [0.25, 0.3) is 0 Å². The summed E-state index contributed by atoms with van der Waals surface area (Å²) in [4.78, 5) is 0. The molecule has 18 heavy (non-hydrogen) atoms. The lowest BCUT2D eigenvalue weighted by Crippen LogP contribution is -2.51. The number of hydrogen-bond donors (Lipinski definition) is 0. The molecule has 1 saturated heterocycles. The molecule has 104 valence electrons. The van der Waals surface area contributed by atoms with E-state index in [9.17, 15) is 0 Å². The Balaban J connectivity index is 2.02. The minimum Gasteiger partial charge on any atom is -0.352 e. The first kappa shape index (κ1) is 14.1. The monoisotopic (exact) mass is 252 g/mol. The third-order valence-electron chi connectivity index (χ3n) is 4.79. The summed E-state index contributed by atoms with van der Waals surface area (Å²) in [6.45, 7) is 13.1. The second-order valence-electron chi connectivity index (χ2n) is 6.82. The zero-order valence-corrected chi connectivity index (χ0v) is 12.5. The van der Waals surface area contributed by atoms with Crippen molar-refractivity contribution in [1.29, 1.82) is 0 Å². The van der Waals surface area contributed by atoms with Crippen LogP contribution in [0.15, 0.2) is 11.6 Å². The van der Waals surface area contributed by atoms with Crippen molar-refractivity contribution in [2.24, 2.45) is 23.2 Å². The standard InChI is InChI=1S/C16H28O2/c1-11(2)6-15-17-9-16(10-18-15)13(4)7-12(3)8-14(16)5/h7,11,13-15H,6,8-10H2,1-5H3/t13-,14+,15?,16?/m1/s1. The van der Waals surface area contributed by atoms with E-state index in [1.54, 1.807) is 0 Å². The van der Waals surface area contributed by atoms with E-state index < -0.39 is 0 Å². The molecule has 2 nitrogen and oxygen atoms in total. The predicted octanol–water partition coefficient (Wildman–Crippen LogP) is 4.01. The van der Waals surface area contributed by atoms with Crippen LogP contribution in [0.2, 0.25) is 0 Å². The Morgan fingerprint density at radius 1 is 1.28 bits per heavy atom. The molecule has 0 radical (unpaired) electrons. The molecule has 1 fully saturated rings. The molecule has 0 amide bonds. The number of ether oxygens (including phenoxy) is 2. The van der Waals surface area contributed by atoms with Gasteiger partial charge < -0.3 is 9.47 Å². The quantitative estimate of drug-likeness (QED) is 0.691. The molecular weight excluding hydrogens is 224 g/mol. The zero-order valence-electron chi connectivity index (χ0n) is 12.5. The fourth-order valence-corrected chi connectivity index (χ4v) is 3.45. The van der Waals surface area contributed by atoms with Gasteiger partial charge in [-0.15, -0.1) is 0 Å². The van der Waals surface area contributed by atoms with Gasteiger partial charge in [0.25, 0.3) is 0 Å². The molecule has 0 aromatic rings. The summed E-state index contributed by atoms with van der Waals surface area (Å²) in [7, 11) is 0. The summed E-state index contributed by atoms with van der Waals surface area (Å²) < 4.78 is 12.0. The van der Waals surface area contributed by atoms with E-state index in [0.29, 0.717) is 17.8 Å². The highest BCUT2D eigenvalue weighted by Crippen LogP contribution is 2.47. The molecule has 1 spiro atoms. The lowest BCUT2D eigenvalue weighted by molar-refractivity contribution is -0.254. The van der Waals surface area contributed by atoms with Crippen molar-refractivity contribution in [3.63, 3.8) is 0 Å². The first-order valence-electron chi connectivity index (χ1n) is 7.34. The molecule has 0 unspecified atom stereocenters. The molecule has 1 aliphatic heterocycles. The van der Waals surface area contributed by atoms with Gasteiger partial charge in [-0.05, 0) is 31.1 Å². The zero-order chi connectivity index (χ0) is 13.3. The van der Waals surface area contributed by atoms with Gasteiger partial charge in [-0.3, -0.25) is 0 Å². The maximum atomic E-state index is 6.01. The number of allylic oxidation sites excluding steroid dienone is 2. The van der Waals surface area contributed by atoms with Gasteiger partial charge in [0, 0.05) is 11.8 Å². The largest absolute Gasteiger partial charge is 0.352 e. The second-order valence-corrected chi connectivity index (χ2v) is 6.82. The molecular formula is C16H28O2. The van der Waals surface area contributed by atoms with Crippen molar-refractivity contribution in [2.75, 3.05) is 13.2 Å². The van der Waals surface area contributed by atoms with Crippen molar-refractivity contribution < 1.29 is 9.47 Å². The molecule has 0 bridgehead atoms. The van der Waals surface area contributed by atoms with Gasteiger partial charge in [0.1, 0.15) is 0 Å². The van der Waals surface area contributed by atoms with Gasteiger partial charge in [-0.1, -0.05) is 39.3 Å². The molecule has 2 aliphatic rings. The van der Waals surface area contributed by atoms with Crippen LogP contribution in [-0.4, -0.2) is 19.5 Å². The molecule has 0 saturated carbocycles. The molecule has 2 atom stereocenters. The van der Waals surface area contributed by atoms with E-state index >= 15 is 0 Å². The van der Waals surface area contributed by atoms with Crippen molar-refractivity contribution in [3.8, 4) is 0 Å². The molecule has 2 heteroatoms. The normalized spacial score (nSPS) is 41.2. The van der Waals surface area contributed by atoms with Crippen LogP contribution in [0, 0.1) is 23.2 Å². The Labute approximate surface area is 112 Å². The fourth-order valence-electron chi connectivity index (χ4n) is 3.45. The maximum absolute atomic E-state index is 6.01. The third-order valence-corrected chi connectivity index (χ3v) is 4.79. The third kappa shape index (κ3) is 2.65. The highest BCUT2D eigenvalue weighted by molar-refractivity contribution is 5.13. The van der Waals surface area contributed by atoms with E-state index in [-0.39, 0.29) is 11.7 Å². The van der Waals surface area contributed by atoms with Crippen molar-refractivity contribution >= 4 is 0 Å². The van der Waals surface area contributed by atoms with Crippen LogP contribution in [0.4, 0.5) is 0 Å². The van der Waals surface area contributed by atoms with Gasteiger partial charge in [0.2, 0.25) is 0 Å². The smallest absolute Gasteiger partial charge is 0.157 e. The average Bonchev–Trinajstić information content (AvgIpc) is 2.27. The summed E-state index contributed by atoms with van der Waals surface area (Å²) in [5.41, 5.74) is 1.72. The van der Waals surface area contributed by atoms with E-state index in [0.717, 1.165) is 19.6 Å². The molecule has 0 N–H and O–H groups in total. The van der Waals surface area contributed by atoms with E-state index in [1.165, 1.54) is 12.0 Å². The Morgan fingerprint density at radius 2 is 1.89 bits per heavy atom. The average molecular weight is 252 g/mol. The van der Waals surface area contributed by atoms with Gasteiger partial charge in [0.15, 0.2) is 6.29 Å². The molecule has 0 aromatic carbocycles. The lowest BCUT2D eigenvalue weighted by atomic mass is 9.63. The summed E-state index contributed by atoms with van der Waals surface area (Å²) >= 11 is 0. The van der Waals surface area contributed by atoms with Gasteiger partial charge in [0.05, 0.1) is 13.2 Å². The highest BCUT2D eigenvalue weighted by Gasteiger charge is 2.46. The summed E-state index contributed by atoms with van der Waals surface area (Å²) in [5.74, 6) is 1.84.